The van der Waals surface area contributed by atoms with Gasteiger partial charge in [0.1, 0.15) is 18.0 Å². The highest BCUT2D eigenvalue weighted by Gasteiger charge is 2.35. The molecule has 2 fully saturated rings. The Balaban J connectivity index is 1.26. The molecule has 0 bridgehead atoms. The number of carbonyl (C=O) groups is 1. The molecule has 38 heavy (non-hydrogen) atoms. The Hall–Kier alpha value is -2.48. The SMILES string of the molecule is COc1ccc(CN2CCC(COc3cccc(Cl)c3)(OC)CC2)cc1OCCCN1CCCCCC1=O. The van der Waals surface area contributed by atoms with Gasteiger partial charge in [-0.3, -0.25) is 9.69 Å². The molecule has 4 rings (SSSR count). The summed E-state index contributed by atoms with van der Waals surface area (Å²) in [6, 6.07) is 13.6. The Morgan fingerprint density at radius 3 is 2.55 bits per heavy atom. The van der Waals surface area contributed by atoms with Crippen LogP contribution in [-0.4, -0.2) is 74.9 Å². The summed E-state index contributed by atoms with van der Waals surface area (Å²) in [6.07, 6.45) is 6.51. The lowest BCUT2D eigenvalue weighted by atomic mass is 9.91. The predicted octanol–water partition coefficient (Wildman–Crippen LogP) is 5.58. The minimum Gasteiger partial charge on any atom is -0.493 e. The summed E-state index contributed by atoms with van der Waals surface area (Å²) in [7, 11) is 3.44. The molecule has 0 spiro atoms. The summed E-state index contributed by atoms with van der Waals surface area (Å²) in [5.74, 6) is 2.53. The molecule has 0 unspecified atom stereocenters. The molecule has 2 aliphatic rings. The molecule has 2 aromatic rings. The Labute approximate surface area is 231 Å². The zero-order valence-corrected chi connectivity index (χ0v) is 23.5. The number of halogens is 1. The number of ether oxygens (including phenoxy) is 4. The fourth-order valence-corrected chi connectivity index (χ4v) is 5.38. The summed E-state index contributed by atoms with van der Waals surface area (Å²) < 4.78 is 23.6. The quantitative estimate of drug-likeness (QED) is 0.325. The van der Waals surface area contributed by atoms with Crippen LogP contribution in [0.15, 0.2) is 42.5 Å². The first kappa shape index (κ1) is 28.5. The van der Waals surface area contributed by atoms with Gasteiger partial charge in [0.2, 0.25) is 5.91 Å². The summed E-state index contributed by atoms with van der Waals surface area (Å²) >= 11 is 6.09. The third kappa shape index (κ3) is 8.01. The number of likely N-dealkylation sites (tertiary alicyclic amines) is 2. The molecule has 0 radical (unpaired) electrons. The molecule has 2 saturated heterocycles. The van der Waals surface area contributed by atoms with E-state index in [1.165, 1.54) is 5.56 Å². The van der Waals surface area contributed by atoms with E-state index in [2.05, 4.69) is 17.0 Å². The third-order valence-corrected chi connectivity index (χ3v) is 7.87. The van der Waals surface area contributed by atoms with E-state index in [0.29, 0.717) is 24.7 Å². The summed E-state index contributed by atoms with van der Waals surface area (Å²) in [6.45, 7) is 5.33. The molecule has 8 heteroatoms. The maximum atomic E-state index is 12.2. The van der Waals surface area contributed by atoms with Crippen LogP contribution in [0.3, 0.4) is 0 Å². The van der Waals surface area contributed by atoms with Gasteiger partial charge in [0.15, 0.2) is 11.5 Å². The molecule has 0 atom stereocenters. The van der Waals surface area contributed by atoms with Crippen LogP contribution in [0.5, 0.6) is 17.2 Å². The standard InChI is InChI=1S/C30H41ClN2O5/c1-35-27-12-11-24(20-28(27)37-19-7-16-33-15-5-3-4-10-29(33)34)22-32-17-13-30(36-2,14-18-32)23-38-26-9-6-8-25(31)21-26/h6,8-9,11-12,20-21H,3-5,7,10,13-19,22-23H2,1-2H3. The number of nitrogens with zero attached hydrogens (tertiary/aromatic N) is 2. The van der Waals surface area contributed by atoms with Gasteiger partial charge in [-0.2, -0.15) is 0 Å². The topological polar surface area (TPSA) is 60.5 Å². The highest BCUT2D eigenvalue weighted by molar-refractivity contribution is 6.30. The highest BCUT2D eigenvalue weighted by Crippen LogP contribution is 2.31. The Bertz CT molecular complexity index is 1040. The second-order valence-corrected chi connectivity index (χ2v) is 10.7. The molecule has 2 aromatic carbocycles. The minimum absolute atomic E-state index is 0.275. The van der Waals surface area contributed by atoms with Crippen LogP contribution in [0.1, 0.15) is 50.5 Å². The average Bonchev–Trinajstić information content (AvgIpc) is 3.15. The van der Waals surface area contributed by atoms with Crippen molar-refractivity contribution in [3.8, 4) is 17.2 Å². The van der Waals surface area contributed by atoms with E-state index in [-0.39, 0.29) is 11.5 Å². The Morgan fingerprint density at radius 2 is 1.79 bits per heavy atom. The summed E-state index contributed by atoms with van der Waals surface area (Å²) in [5, 5.41) is 0.666. The summed E-state index contributed by atoms with van der Waals surface area (Å²) in [5.41, 5.74) is 0.880. The normalized spacial score (nSPS) is 18.2. The lowest BCUT2D eigenvalue weighted by Gasteiger charge is -2.40. The number of methoxy groups -OCH3 is 2. The summed E-state index contributed by atoms with van der Waals surface area (Å²) in [4.78, 5) is 16.7. The van der Waals surface area contributed by atoms with E-state index in [9.17, 15) is 4.79 Å². The molecule has 2 aliphatic heterocycles. The van der Waals surface area contributed by atoms with Crippen molar-refractivity contribution in [3.63, 3.8) is 0 Å². The monoisotopic (exact) mass is 544 g/mol. The van der Waals surface area contributed by atoms with Gasteiger partial charge in [-0.25, -0.2) is 0 Å². The van der Waals surface area contributed by atoms with Crippen molar-refractivity contribution in [3.05, 3.63) is 53.1 Å². The number of hydrogen-bond donors (Lipinski definition) is 0. The number of carbonyl (C=O) groups excluding carboxylic acids is 1. The van der Waals surface area contributed by atoms with E-state index in [4.69, 9.17) is 30.5 Å². The van der Waals surface area contributed by atoms with Crippen LogP contribution >= 0.6 is 11.6 Å². The van der Waals surface area contributed by atoms with Gasteiger partial charge in [0.25, 0.3) is 0 Å². The van der Waals surface area contributed by atoms with Crippen molar-refractivity contribution in [2.45, 2.75) is 57.1 Å². The smallest absolute Gasteiger partial charge is 0.222 e. The molecule has 0 N–H and O–H groups in total. The van der Waals surface area contributed by atoms with Gasteiger partial charge in [0, 0.05) is 51.3 Å². The van der Waals surface area contributed by atoms with Gasteiger partial charge in [-0.15, -0.1) is 0 Å². The van der Waals surface area contributed by atoms with Crippen LogP contribution in [0, 0.1) is 0 Å². The first-order valence-electron chi connectivity index (χ1n) is 13.7. The molecule has 0 saturated carbocycles. The fraction of sp³-hybridized carbons (Fsp3) is 0.567. The largest absolute Gasteiger partial charge is 0.493 e. The van der Waals surface area contributed by atoms with Crippen molar-refractivity contribution in [2.75, 3.05) is 53.6 Å². The van der Waals surface area contributed by atoms with Gasteiger partial charge in [-0.05, 0) is 68.0 Å². The van der Waals surface area contributed by atoms with Gasteiger partial charge >= 0.3 is 0 Å². The minimum atomic E-state index is -0.304. The zero-order chi connectivity index (χ0) is 26.8. The van der Waals surface area contributed by atoms with Crippen LogP contribution in [0.4, 0.5) is 0 Å². The highest BCUT2D eigenvalue weighted by atomic mass is 35.5. The van der Waals surface area contributed by atoms with Gasteiger partial charge in [-0.1, -0.05) is 30.2 Å². The first-order valence-corrected chi connectivity index (χ1v) is 14.1. The number of piperidine rings is 1. The molecule has 1 amide bonds. The van der Waals surface area contributed by atoms with Crippen LogP contribution in [0.2, 0.25) is 5.02 Å². The fourth-order valence-electron chi connectivity index (χ4n) is 5.20. The number of amides is 1. The molecule has 0 aliphatic carbocycles. The second-order valence-electron chi connectivity index (χ2n) is 10.3. The average molecular weight is 545 g/mol. The van der Waals surface area contributed by atoms with Crippen molar-refractivity contribution in [1.82, 2.24) is 9.80 Å². The molecule has 208 valence electrons. The predicted molar refractivity (Wildman–Crippen MR) is 149 cm³/mol. The van der Waals surface area contributed by atoms with E-state index < -0.39 is 0 Å². The number of hydrogen-bond acceptors (Lipinski definition) is 6. The number of rotatable bonds is 12. The lowest BCUT2D eigenvalue weighted by molar-refractivity contribution is -0.130. The van der Waals surface area contributed by atoms with Crippen LogP contribution in [0.25, 0.3) is 0 Å². The van der Waals surface area contributed by atoms with Crippen molar-refractivity contribution in [1.29, 1.82) is 0 Å². The van der Waals surface area contributed by atoms with Crippen molar-refractivity contribution in [2.24, 2.45) is 0 Å². The van der Waals surface area contributed by atoms with Crippen LogP contribution in [-0.2, 0) is 16.1 Å². The van der Waals surface area contributed by atoms with Crippen molar-refractivity contribution >= 4 is 17.5 Å². The molecular weight excluding hydrogens is 504 g/mol. The van der Waals surface area contributed by atoms with Gasteiger partial charge < -0.3 is 23.8 Å². The lowest BCUT2D eigenvalue weighted by Crippen LogP contribution is -2.48. The van der Waals surface area contributed by atoms with Gasteiger partial charge in [0.05, 0.1) is 13.7 Å². The molecular formula is C30H41ClN2O5. The molecule has 0 aromatic heterocycles. The van der Waals surface area contributed by atoms with Crippen molar-refractivity contribution < 1.29 is 23.7 Å². The number of benzene rings is 2. The maximum Gasteiger partial charge on any atom is 0.222 e. The zero-order valence-electron chi connectivity index (χ0n) is 22.8. The van der Waals surface area contributed by atoms with E-state index >= 15 is 0 Å². The molecule has 7 nitrogen and oxygen atoms in total. The van der Waals surface area contributed by atoms with E-state index in [1.807, 2.05) is 35.2 Å². The second kappa shape index (κ2) is 14.1. The molecule has 2 heterocycles. The van der Waals surface area contributed by atoms with Crippen LogP contribution < -0.4 is 14.2 Å². The first-order chi connectivity index (χ1) is 18.5. The third-order valence-electron chi connectivity index (χ3n) is 7.63. The Kier molecular flexibility index (Phi) is 10.6. The van der Waals surface area contributed by atoms with E-state index in [1.54, 1.807) is 14.2 Å². The Morgan fingerprint density at radius 1 is 0.947 bits per heavy atom. The van der Waals surface area contributed by atoms with E-state index in [0.717, 1.165) is 88.5 Å². The maximum absolute atomic E-state index is 12.2.